The van der Waals surface area contributed by atoms with Crippen molar-refractivity contribution >= 4 is 18.3 Å². The first-order valence-corrected chi connectivity index (χ1v) is 7.47. The van der Waals surface area contributed by atoms with Crippen LogP contribution in [-0.4, -0.2) is 44.2 Å². The highest BCUT2D eigenvalue weighted by Crippen LogP contribution is 2.18. The van der Waals surface area contributed by atoms with Gasteiger partial charge in [0, 0.05) is 19.5 Å². The van der Waals surface area contributed by atoms with Crippen molar-refractivity contribution in [2.45, 2.75) is 19.3 Å². The number of amides is 1. The number of hydrogen-bond donors (Lipinski definition) is 1. The highest BCUT2D eigenvalue weighted by atomic mass is 35.5. The molecule has 124 valence electrons. The van der Waals surface area contributed by atoms with Crippen LogP contribution in [0.1, 0.15) is 19.3 Å². The monoisotopic (exact) mass is 328 g/mol. The van der Waals surface area contributed by atoms with Gasteiger partial charge in [0.2, 0.25) is 5.91 Å². The molecule has 1 aliphatic rings. The van der Waals surface area contributed by atoms with E-state index in [0.29, 0.717) is 25.5 Å². The Morgan fingerprint density at radius 3 is 2.59 bits per heavy atom. The van der Waals surface area contributed by atoms with Gasteiger partial charge < -0.3 is 20.1 Å². The minimum absolute atomic E-state index is 0. The fraction of sp³-hybridized carbons (Fsp3) is 0.562. The predicted molar refractivity (Wildman–Crippen MR) is 88.7 cm³/mol. The van der Waals surface area contributed by atoms with Crippen molar-refractivity contribution in [3.05, 3.63) is 24.3 Å². The second kappa shape index (κ2) is 9.54. The molecule has 0 radical (unpaired) electrons. The molecule has 2 N–H and O–H groups in total. The van der Waals surface area contributed by atoms with Crippen LogP contribution in [0.15, 0.2) is 24.3 Å². The van der Waals surface area contributed by atoms with E-state index in [1.807, 2.05) is 29.2 Å². The lowest BCUT2D eigenvalue weighted by Gasteiger charge is -2.16. The summed E-state index contributed by atoms with van der Waals surface area (Å²) in [5.74, 6) is 2.29. The van der Waals surface area contributed by atoms with Crippen molar-refractivity contribution in [2.75, 3.05) is 33.4 Å². The van der Waals surface area contributed by atoms with Crippen LogP contribution in [0.4, 0.5) is 0 Å². The molecule has 1 aliphatic heterocycles. The summed E-state index contributed by atoms with van der Waals surface area (Å²) >= 11 is 0. The van der Waals surface area contributed by atoms with Crippen molar-refractivity contribution in [3.63, 3.8) is 0 Å². The summed E-state index contributed by atoms with van der Waals surface area (Å²) in [7, 11) is 1.63. The number of ether oxygens (including phenoxy) is 2. The number of halogens is 1. The SMILES string of the molecule is COc1ccc(OCCCC(=O)N2CCC(CN)C2)cc1.Cl. The first-order chi connectivity index (χ1) is 10.2. The number of nitrogens with zero attached hydrogens (tertiary/aromatic N) is 1. The van der Waals surface area contributed by atoms with Crippen LogP contribution in [0.2, 0.25) is 0 Å². The Labute approximate surface area is 138 Å². The van der Waals surface area contributed by atoms with Crippen LogP contribution in [0.5, 0.6) is 11.5 Å². The minimum atomic E-state index is 0. The van der Waals surface area contributed by atoms with E-state index in [2.05, 4.69) is 0 Å². The number of hydrogen-bond acceptors (Lipinski definition) is 4. The van der Waals surface area contributed by atoms with E-state index in [1.165, 1.54) is 0 Å². The van der Waals surface area contributed by atoms with Gasteiger partial charge in [0.1, 0.15) is 11.5 Å². The molecule has 1 saturated heterocycles. The summed E-state index contributed by atoms with van der Waals surface area (Å²) in [5, 5.41) is 0. The lowest BCUT2D eigenvalue weighted by Crippen LogP contribution is -2.29. The fourth-order valence-corrected chi connectivity index (χ4v) is 2.50. The van der Waals surface area contributed by atoms with Crippen LogP contribution in [0.3, 0.4) is 0 Å². The molecule has 0 bridgehead atoms. The number of methoxy groups -OCH3 is 1. The van der Waals surface area contributed by atoms with Gasteiger partial charge >= 0.3 is 0 Å². The summed E-state index contributed by atoms with van der Waals surface area (Å²) < 4.78 is 10.7. The highest BCUT2D eigenvalue weighted by Gasteiger charge is 2.24. The Morgan fingerprint density at radius 1 is 1.32 bits per heavy atom. The van der Waals surface area contributed by atoms with Crippen LogP contribution in [0.25, 0.3) is 0 Å². The number of carbonyl (C=O) groups is 1. The molecule has 2 rings (SSSR count). The van der Waals surface area contributed by atoms with Gasteiger partial charge in [-0.15, -0.1) is 12.4 Å². The predicted octanol–water partition coefficient (Wildman–Crippen LogP) is 2.08. The standard InChI is InChI=1S/C16H24N2O3.ClH/c1-20-14-4-6-15(7-5-14)21-10-2-3-16(19)18-9-8-13(11-17)12-18;/h4-7,13H,2-3,8-12,17H2,1H3;1H. The highest BCUT2D eigenvalue weighted by molar-refractivity contribution is 5.85. The van der Waals surface area contributed by atoms with Gasteiger partial charge in [-0.2, -0.15) is 0 Å². The van der Waals surface area contributed by atoms with Crippen molar-refractivity contribution < 1.29 is 14.3 Å². The average molecular weight is 329 g/mol. The molecule has 0 saturated carbocycles. The van der Waals surface area contributed by atoms with Gasteiger partial charge in [0.15, 0.2) is 0 Å². The molecule has 1 aromatic carbocycles. The van der Waals surface area contributed by atoms with E-state index in [4.69, 9.17) is 15.2 Å². The largest absolute Gasteiger partial charge is 0.497 e. The van der Waals surface area contributed by atoms with E-state index in [-0.39, 0.29) is 18.3 Å². The average Bonchev–Trinajstić information content (AvgIpc) is 3.01. The van der Waals surface area contributed by atoms with Crippen molar-refractivity contribution in [2.24, 2.45) is 11.7 Å². The maximum absolute atomic E-state index is 12.0. The molecule has 1 atom stereocenters. The normalized spacial score (nSPS) is 17.0. The van der Waals surface area contributed by atoms with Crippen LogP contribution in [0, 0.1) is 5.92 Å². The molecule has 1 aromatic rings. The Kier molecular flexibility index (Phi) is 8.06. The number of carbonyl (C=O) groups excluding carboxylic acids is 1. The Morgan fingerprint density at radius 2 is 2.00 bits per heavy atom. The first-order valence-electron chi connectivity index (χ1n) is 7.47. The molecular formula is C16H25ClN2O3. The number of benzene rings is 1. The van der Waals surface area contributed by atoms with E-state index >= 15 is 0 Å². The maximum atomic E-state index is 12.0. The third-order valence-corrected chi connectivity index (χ3v) is 3.84. The van der Waals surface area contributed by atoms with E-state index in [1.54, 1.807) is 7.11 Å². The number of likely N-dealkylation sites (tertiary alicyclic amines) is 1. The van der Waals surface area contributed by atoms with E-state index < -0.39 is 0 Å². The number of rotatable bonds is 7. The summed E-state index contributed by atoms with van der Waals surface area (Å²) in [6.07, 6.45) is 2.30. The Bertz CT molecular complexity index is 453. The summed E-state index contributed by atoms with van der Waals surface area (Å²) in [5.41, 5.74) is 5.64. The zero-order valence-electron chi connectivity index (χ0n) is 13.0. The molecule has 6 heteroatoms. The molecular weight excluding hydrogens is 304 g/mol. The smallest absolute Gasteiger partial charge is 0.222 e. The topological polar surface area (TPSA) is 64.8 Å². The third kappa shape index (κ3) is 5.39. The molecule has 1 heterocycles. The second-order valence-electron chi connectivity index (χ2n) is 5.36. The van der Waals surface area contributed by atoms with Crippen LogP contribution >= 0.6 is 12.4 Å². The maximum Gasteiger partial charge on any atom is 0.222 e. The van der Waals surface area contributed by atoms with Crippen molar-refractivity contribution in [1.82, 2.24) is 4.90 Å². The summed E-state index contributed by atoms with van der Waals surface area (Å²) in [6.45, 7) is 2.88. The minimum Gasteiger partial charge on any atom is -0.497 e. The van der Waals surface area contributed by atoms with E-state index in [9.17, 15) is 4.79 Å². The lowest BCUT2D eigenvalue weighted by molar-refractivity contribution is -0.130. The molecule has 1 amide bonds. The van der Waals surface area contributed by atoms with Gasteiger partial charge in [-0.05, 0) is 49.6 Å². The van der Waals surface area contributed by atoms with Crippen molar-refractivity contribution in [3.8, 4) is 11.5 Å². The molecule has 1 fully saturated rings. The van der Waals surface area contributed by atoms with Gasteiger partial charge in [0.25, 0.3) is 0 Å². The van der Waals surface area contributed by atoms with Gasteiger partial charge in [-0.3, -0.25) is 4.79 Å². The molecule has 0 aromatic heterocycles. The Hall–Kier alpha value is -1.46. The summed E-state index contributed by atoms with van der Waals surface area (Å²) in [6, 6.07) is 7.45. The lowest BCUT2D eigenvalue weighted by atomic mass is 10.1. The van der Waals surface area contributed by atoms with Gasteiger partial charge in [-0.1, -0.05) is 0 Å². The van der Waals surface area contributed by atoms with E-state index in [0.717, 1.165) is 37.4 Å². The fourth-order valence-electron chi connectivity index (χ4n) is 2.50. The zero-order chi connectivity index (χ0) is 15.1. The van der Waals surface area contributed by atoms with Crippen LogP contribution in [-0.2, 0) is 4.79 Å². The molecule has 1 unspecified atom stereocenters. The molecule has 22 heavy (non-hydrogen) atoms. The van der Waals surface area contributed by atoms with Gasteiger partial charge in [-0.25, -0.2) is 0 Å². The van der Waals surface area contributed by atoms with Gasteiger partial charge in [0.05, 0.1) is 13.7 Å². The quantitative estimate of drug-likeness (QED) is 0.778. The third-order valence-electron chi connectivity index (χ3n) is 3.84. The Balaban J connectivity index is 0.00000242. The second-order valence-corrected chi connectivity index (χ2v) is 5.36. The first kappa shape index (κ1) is 18.6. The molecule has 0 aliphatic carbocycles. The van der Waals surface area contributed by atoms with Crippen molar-refractivity contribution in [1.29, 1.82) is 0 Å². The molecule has 0 spiro atoms. The summed E-state index contributed by atoms with van der Waals surface area (Å²) in [4.78, 5) is 13.9. The number of nitrogens with two attached hydrogens (primary N) is 1. The zero-order valence-corrected chi connectivity index (χ0v) is 13.8. The van der Waals surface area contributed by atoms with Crippen LogP contribution < -0.4 is 15.2 Å². The molecule has 5 nitrogen and oxygen atoms in total.